The highest BCUT2D eigenvalue weighted by molar-refractivity contribution is 5.40. The molecule has 1 aromatic carbocycles. The molecule has 1 N–H and O–H groups in total. The van der Waals surface area contributed by atoms with E-state index in [-0.39, 0.29) is 5.41 Å². The van der Waals surface area contributed by atoms with Gasteiger partial charge in [0.25, 0.3) is 0 Å². The molecular weight excluding hydrogens is 244 g/mol. The molecule has 0 amide bonds. The van der Waals surface area contributed by atoms with E-state index in [0.717, 1.165) is 26.2 Å². The van der Waals surface area contributed by atoms with Crippen molar-refractivity contribution in [1.29, 1.82) is 0 Å². The Morgan fingerprint density at radius 2 is 1.80 bits per heavy atom. The minimum atomic E-state index is 0.233. The quantitative estimate of drug-likeness (QED) is 0.889. The van der Waals surface area contributed by atoms with Crippen molar-refractivity contribution < 1.29 is 0 Å². The normalized spacial score (nSPS) is 21.2. The lowest BCUT2D eigenvalue weighted by molar-refractivity contribution is 0.165. The van der Waals surface area contributed by atoms with E-state index in [4.69, 9.17) is 0 Å². The molecule has 2 heteroatoms. The van der Waals surface area contributed by atoms with Crippen LogP contribution in [0.4, 0.5) is 0 Å². The first-order valence-electron chi connectivity index (χ1n) is 7.84. The van der Waals surface area contributed by atoms with Crippen LogP contribution in [0, 0.1) is 13.8 Å². The topological polar surface area (TPSA) is 15.3 Å². The summed E-state index contributed by atoms with van der Waals surface area (Å²) in [6.07, 6.45) is 0. The van der Waals surface area contributed by atoms with E-state index in [2.05, 4.69) is 63.9 Å². The number of hydrogen-bond donors (Lipinski definition) is 1. The number of rotatable bonds is 2. The van der Waals surface area contributed by atoms with Gasteiger partial charge >= 0.3 is 0 Å². The van der Waals surface area contributed by atoms with E-state index in [0.29, 0.717) is 6.04 Å². The van der Waals surface area contributed by atoms with Crippen molar-refractivity contribution in [2.75, 3.05) is 19.6 Å². The Bertz CT molecular complexity index is 448. The van der Waals surface area contributed by atoms with Gasteiger partial charge in [0, 0.05) is 32.2 Å². The van der Waals surface area contributed by atoms with Gasteiger partial charge in [-0.15, -0.1) is 0 Å². The molecule has 112 valence electrons. The second-order valence-electron chi connectivity index (χ2n) is 7.36. The molecule has 1 unspecified atom stereocenters. The fourth-order valence-electron chi connectivity index (χ4n) is 3.00. The second-order valence-corrected chi connectivity index (χ2v) is 7.36. The van der Waals surface area contributed by atoms with Gasteiger partial charge in [0.1, 0.15) is 0 Å². The zero-order valence-electron chi connectivity index (χ0n) is 14.0. The van der Waals surface area contributed by atoms with Gasteiger partial charge in [-0.2, -0.15) is 0 Å². The SMILES string of the molecule is Cc1cc(C(C)(C)C)cc(C)c1CN1CCNCC1C. The van der Waals surface area contributed by atoms with Crippen molar-refractivity contribution >= 4 is 0 Å². The monoisotopic (exact) mass is 274 g/mol. The molecule has 1 aliphatic heterocycles. The maximum Gasteiger partial charge on any atom is 0.0242 e. The van der Waals surface area contributed by atoms with Crippen LogP contribution in [0.2, 0.25) is 0 Å². The van der Waals surface area contributed by atoms with Crippen molar-refractivity contribution in [3.63, 3.8) is 0 Å². The average molecular weight is 274 g/mol. The summed E-state index contributed by atoms with van der Waals surface area (Å²) >= 11 is 0. The average Bonchev–Trinajstić information content (AvgIpc) is 2.34. The largest absolute Gasteiger partial charge is 0.314 e. The Morgan fingerprint density at radius 1 is 1.20 bits per heavy atom. The van der Waals surface area contributed by atoms with Gasteiger partial charge in [-0.25, -0.2) is 0 Å². The lowest BCUT2D eigenvalue weighted by Gasteiger charge is -2.35. The maximum atomic E-state index is 3.47. The van der Waals surface area contributed by atoms with Crippen LogP contribution < -0.4 is 5.32 Å². The van der Waals surface area contributed by atoms with Crippen molar-refractivity contribution in [2.24, 2.45) is 0 Å². The molecule has 0 aliphatic carbocycles. The number of nitrogens with zero attached hydrogens (tertiary/aromatic N) is 1. The van der Waals surface area contributed by atoms with Crippen LogP contribution in [0.15, 0.2) is 12.1 Å². The summed E-state index contributed by atoms with van der Waals surface area (Å²) in [6.45, 7) is 18.2. The minimum absolute atomic E-state index is 0.233. The molecular formula is C18H30N2. The van der Waals surface area contributed by atoms with E-state index < -0.39 is 0 Å². The molecule has 1 fully saturated rings. The third-order valence-electron chi connectivity index (χ3n) is 4.56. The van der Waals surface area contributed by atoms with E-state index in [9.17, 15) is 0 Å². The van der Waals surface area contributed by atoms with Crippen LogP contribution in [-0.4, -0.2) is 30.6 Å². The smallest absolute Gasteiger partial charge is 0.0242 e. The minimum Gasteiger partial charge on any atom is -0.314 e. The van der Waals surface area contributed by atoms with Gasteiger partial charge in [-0.3, -0.25) is 4.90 Å². The summed E-state index contributed by atoms with van der Waals surface area (Å²) in [5.41, 5.74) is 6.09. The van der Waals surface area contributed by atoms with Crippen LogP contribution >= 0.6 is 0 Å². The number of nitrogens with one attached hydrogen (secondary N) is 1. The first-order chi connectivity index (χ1) is 9.29. The predicted octanol–water partition coefficient (Wildman–Crippen LogP) is 3.39. The third kappa shape index (κ3) is 3.42. The number of aryl methyl sites for hydroxylation is 2. The van der Waals surface area contributed by atoms with Crippen LogP contribution in [0.25, 0.3) is 0 Å². The summed E-state index contributed by atoms with van der Waals surface area (Å²) < 4.78 is 0. The third-order valence-corrected chi connectivity index (χ3v) is 4.56. The standard InChI is InChI=1S/C18H30N2/c1-13-9-16(18(4,5)6)10-14(2)17(13)12-20-8-7-19-11-15(20)3/h9-10,15,19H,7-8,11-12H2,1-6H3. The van der Waals surface area contributed by atoms with Crippen molar-refractivity contribution in [1.82, 2.24) is 10.2 Å². The molecule has 2 rings (SSSR count). The fraction of sp³-hybridized carbons (Fsp3) is 0.667. The highest BCUT2D eigenvalue weighted by Gasteiger charge is 2.21. The summed E-state index contributed by atoms with van der Waals surface area (Å²) in [7, 11) is 0. The second kappa shape index (κ2) is 5.87. The first-order valence-corrected chi connectivity index (χ1v) is 7.84. The Labute approximate surface area is 124 Å². The summed E-state index contributed by atoms with van der Waals surface area (Å²) in [4.78, 5) is 2.60. The van der Waals surface area contributed by atoms with Gasteiger partial charge in [0.15, 0.2) is 0 Å². The lowest BCUT2D eigenvalue weighted by atomic mass is 9.83. The Balaban J connectivity index is 2.24. The summed E-state index contributed by atoms with van der Waals surface area (Å²) in [6, 6.07) is 5.40. The van der Waals surface area contributed by atoms with Crippen molar-refractivity contribution in [2.45, 2.75) is 59.5 Å². The lowest BCUT2D eigenvalue weighted by Crippen LogP contribution is -2.49. The predicted molar refractivity (Wildman–Crippen MR) is 87.4 cm³/mol. The first kappa shape index (κ1) is 15.5. The number of benzene rings is 1. The maximum absolute atomic E-state index is 3.47. The number of piperazine rings is 1. The van der Waals surface area contributed by atoms with E-state index in [1.54, 1.807) is 0 Å². The molecule has 0 radical (unpaired) electrons. The molecule has 1 heterocycles. The molecule has 1 saturated heterocycles. The van der Waals surface area contributed by atoms with Crippen molar-refractivity contribution in [3.05, 3.63) is 34.4 Å². The summed E-state index contributed by atoms with van der Waals surface area (Å²) in [5.74, 6) is 0. The van der Waals surface area contributed by atoms with Crippen LogP contribution in [0.3, 0.4) is 0 Å². The van der Waals surface area contributed by atoms with E-state index >= 15 is 0 Å². The van der Waals surface area contributed by atoms with Gasteiger partial charge in [-0.05, 0) is 48.4 Å². The molecule has 1 atom stereocenters. The van der Waals surface area contributed by atoms with E-state index in [1.807, 2.05) is 0 Å². The highest BCUT2D eigenvalue weighted by atomic mass is 15.2. The molecule has 1 aromatic rings. The number of hydrogen-bond acceptors (Lipinski definition) is 2. The molecule has 20 heavy (non-hydrogen) atoms. The molecule has 0 saturated carbocycles. The fourth-order valence-corrected chi connectivity index (χ4v) is 3.00. The van der Waals surface area contributed by atoms with Crippen molar-refractivity contribution in [3.8, 4) is 0 Å². The van der Waals surface area contributed by atoms with Crippen LogP contribution in [0.5, 0.6) is 0 Å². The molecule has 2 nitrogen and oxygen atoms in total. The van der Waals surface area contributed by atoms with Gasteiger partial charge in [0.05, 0.1) is 0 Å². The zero-order chi connectivity index (χ0) is 14.9. The van der Waals surface area contributed by atoms with E-state index in [1.165, 1.54) is 22.3 Å². The Hall–Kier alpha value is -0.860. The molecule has 0 aromatic heterocycles. The molecule has 0 bridgehead atoms. The van der Waals surface area contributed by atoms with Gasteiger partial charge in [0.2, 0.25) is 0 Å². The van der Waals surface area contributed by atoms with Gasteiger partial charge in [-0.1, -0.05) is 32.9 Å². The highest BCUT2D eigenvalue weighted by Crippen LogP contribution is 2.27. The van der Waals surface area contributed by atoms with Crippen LogP contribution in [0.1, 0.15) is 49.9 Å². The van der Waals surface area contributed by atoms with Gasteiger partial charge < -0.3 is 5.32 Å². The van der Waals surface area contributed by atoms with Crippen LogP contribution in [-0.2, 0) is 12.0 Å². The zero-order valence-corrected chi connectivity index (χ0v) is 14.0. The molecule has 0 spiro atoms. The Kier molecular flexibility index (Phi) is 4.55. The Morgan fingerprint density at radius 3 is 2.30 bits per heavy atom. The molecule has 1 aliphatic rings. The summed E-state index contributed by atoms with van der Waals surface area (Å²) in [5, 5.41) is 3.47.